The molecular formula is C16H16N2O2S. The van der Waals surface area contributed by atoms with Gasteiger partial charge in [-0.2, -0.15) is 0 Å². The first-order valence-electron chi connectivity index (χ1n) is 6.60. The van der Waals surface area contributed by atoms with Crippen LogP contribution >= 0.6 is 11.8 Å². The normalized spacial score (nSPS) is 9.76. The topological polar surface area (TPSA) is 55.2 Å². The van der Waals surface area contributed by atoms with Gasteiger partial charge in [0.25, 0.3) is 0 Å². The van der Waals surface area contributed by atoms with Crippen molar-refractivity contribution in [2.24, 2.45) is 0 Å². The van der Waals surface area contributed by atoms with Crippen molar-refractivity contribution in [2.45, 2.75) is 11.4 Å². The van der Waals surface area contributed by atoms with Gasteiger partial charge in [-0.25, -0.2) is 4.98 Å². The van der Waals surface area contributed by atoms with Crippen LogP contribution in [0.15, 0.2) is 47.9 Å². The van der Waals surface area contributed by atoms with E-state index in [-0.39, 0.29) is 6.61 Å². The molecule has 21 heavy (non-hydrogen) atoms. The van der Waals surface area contributed by atoms with Gasteiger partial charge in [-0.05, 0) is 24.3 Å². The van der Waals surface area contributed by atoms with Crippen LogP contribution in [0.3, 0.4) is 0 Å². The summed E-state index contributed by atoms with van der Waals surface area (Å²) < 4.78 is 5.65. The number of hydrogen-bond acceptors (Lipinski definition) is 5. The number of aliphatic hydroxyl groups is 1. The Hall–Kier alpha value is -2.03. The van der Waals surface area contributed by atoms with Crippen molar-refractivity contribution < 1.29 is 9.84 Å². The van der Waals surface area contributed by atoms with Crippen LogP contribution in [-0.4, -0.2) is 34.0 Å². The highest BCUT2D eigenvalue weighted by molar-refractivity contribution is 7.99. The number of nitrogens with zero attached hydrogens (tertiary/aromatic N) is 2. The number of benzene rings is 1. The number of aliphatic hydroxyl groups excluding tert-OH is 1. The van der Waals surface area contributed by atoms with Crippen LogP contribution in [0.25, 0.3) is 0 Å². The molecule has 0 radical (unpaired) electrons. The fourth-order valence-electron chi connectivity index (χ4n) is 1.52. The van der Waals surface area contributed by atoms with Gasteiger partial charge in [0.15, 0.2) is 0 Å². The van der Waals surface area contributed by atoms with E-state index in [1.807, 2.05) is 24.3 Å². The molecule has 0 saturated carbocycles. The maximum atomic E-state index is 8.66. The minimum atomic E-state index is 0.0949. The SMILES string of the molecule is OCCC#Cc1ccc(OCCSc2cnccn2)cc1. The molecule has 0 amide bonds. The molecule has 0 atom stereocenters. The lowest BCUT2D eigenvalue weighted by Gasteiger charge is -2.05. The Balaban J connectivity index is 1.73. The molecule has 0 aliphatic carbocycles. The second kappa shape index (κ2) is 9.01. The highest BCUT2D eigenvalue weighted by Gasteiger charge is 1.97. The molecule has 108 valence electrons. The van der Waals surface area contributed by atoms with Crippen LogP contribution in [0.2, 0.25) is 0 Å². The summed E-state index contributed by atoms with van der Waals surface area (Å²) in [4.78, 5) is 8.19. The number of aromatic nitrogens is 2. The summed E-state index contributed by atoms with van der Waals surface area (Å²) in [5.74, 6) is 7.50. The van der Waals surface area contributed by atoms with Gasteiger partial charge in [0.05, 0.1) is 19.4 Å². The highest BCUT2D eigenvalue weighted by Crippen LogP contribution is 2.15. The molecule has 2 aromatic rings. The summed E-state index contributed by atoms with van der Waals surface area (Å²) in [6.45, 7) is 0.703. The zero-order valence-electron chi connectivity index (χ0n) is 11.5. The zero-order chi connectivity index (χ0) is 14.8. The lowest BCUT2D eigenvalue weighted by Crippen LogP contribution is -2.00. The quantitative estimate of drug-likeness (QED) is 0.504. The first kappa shape index (κ1) is 15.4. The molecule has 0 spiro atoms. The summed E-state index contributed by atoms with van der Waals surface area (Å²) in [5.41, 5.74) is 0.921. The summed E-state index contributed by atoms with van der Waals surface area (Å²) in [5, 5.41) is 9.56. The molecule has 0 bridgehead atoms. The van der Waals surface area contributed by atoms with Gasteiger partial charge >= 0.3 is 0 Å². The van der Waals surface area contributed by atoms with Gasteiger partial charge in [-0.3, -0.25) is 4.98 Å². The second-order valence-electron chi connectivity index (χ2n) is 4.04. The Morgan fingerprint density at radius 2 is 2.05 bits per heavy atom. The Morgan fingerprint density at radius 1 is 1.19 bits per heavy atom. The number of thioether (sulfide) groups is 1. The number of hydrogen-bond donors (Lipinski definition) is 1. The van der Waals surface area contributed by atoms with Crippen molar-refractivity contribution in [3.63, 3.8) is 0 Å². The van der Waals surface area contributed by atoms with Crippen molar-refractivity contribution >= 4 is 11.8 Å². The monoisotopic (exact) mass is 300 g/mol. The van der Waals surface area contributed by atoms with E-state index in [2.05, 4.69) is 21.8 Å². The summed E-state index contributed by atoms with van der Waals surface area (Å²) in [6, 6.07) is 7.62. The van der Waals surface area contributed by atoms with Crippen LogP contribution in [-0.2, 0) is 0 Å². The largest absolute Gasteiger partial charge is 0.493 e. The molecule has 1 aromatic carbocycles. The van der Waals surface area contributed by atoms with Crippen LogP contribution in [0.4, 0.5) is 0 Å². The lowest BCUT2D eigenvalue weighted by atomic mass is 10.2. The van der Waals surface area contributed by atoms with Gasteiger partial charge in [0.1, 0.15) is 10.8 Å². The molecule has 0 unspecified atom stereocenters. The minimum absolute atomic E-state index is 0.0949. The molecule has 4 nitrogen and oxygen atoms in total. The van der Waals surface area contributed by atoms with Crippen molar-refractivity contribution in [1.29, 1.82) is 0 Å². The third-order valence-corrected chi connectivity index (χ3v) is 3.34. The predicted octanol–water partition coefficient (Wildman–Crippen LogP) is 2.38. The molecule has 0 aliphatic heterocycles. The van der Waals surface area contributed by atoms with E-state index in [0.29, 0.717) is 13.0 Å². The highest BCUT2D eigenvalue weighted by atomic mass is 32.2. The molecule has 1 heterocycles. The maximum Gasteiger partial charge on any atom is 0.119 e. The van der Waals surface area contributed by atoms with Crippen LogP contribution in [0.5, 0.6) is 5.75 Å². The first-order valence-corrected chi connectivity index (χ1v) is 7.58. The van der Waals surface area contributed by atoms with Crippen LogP contribution < -0.4 is 4.74 Å². The van der Waals surface area contributed by atoms with E-state index in [0.717, 1.165) is 22.1 Å². The first-order chi connectivity index (χ1) is 10.4. The van der Waals surface area contributed by atoms with E-state index in [9.17, 15) is 0 Å². The van der Waals surface area contributed by atoms with Crippen molar-refractivity contribution in [1.82, 2.24) is 9.97 Å². The lowest BCUT2D eigenvalue weighted by molar-refractivity contribution is 0.305. The van der Waals surface area contributed by atoms with Gasteiger partial charge in [0.2, 0.25) is 0 Å². The molecular weight excluding hydrogens is 284 g/mol. The van der Waals surface area contributed by atoms with Crippen molar-refractivity contribution in [3.8, 4) is 17.6 Å². The van der Waals surface area contributed by atoms with Gasteiger partial charge < -0.3 is 9.84 Å². The molecule has 1 N–H and O–H groups in total. The molecule has 0 aliphatic rings. The van der Waals surface area contributed by atoms with Gasteiger partial charge in [-0.15, -0.1) is 11.8 Å². The van der Waals surface area contributed by atoms with Crippen LogP contribution in [0, 0.1) is 11.8 Å². The molecule has 5 heteroatoms. The second-order valence-corrected chi connectivity index (χ2v) is 5.16. The van der Waals surface area contributed by atoms with Gasteiger partial charge in [-0.1, -0.05) is 11.8 Å². The number of rotatable bonds is 6. The summed E-state index contributed by atoms with van der Waals surface area (Å²) in [6.07, 6.45) is 5.58. The van der Waals surface area contributed by atoms with E-state index >= 15 is 0 Å². The smallest absolute Gasteiger partial charge is 0.119 e. The Labute approximate surface area is 128 Å². The standard InChI is InChI=1S/C16H16N2O2S/c19-10-2-1-3-14-4-6-15(7-5-14)20-11-12-21-16-13-17-8-9-18-16/h4-9,13,19H,2,10-12H2. The number of ether oxygens (including phenoxy) is 1. The van der Waals surface area contributed by atoms with Crippen molar-refractivity contribution in [3.05, 3.63) is 48.4 Å². The fourth-order valence-corrected chi connectivity index (χ4v) is 2.17. The zero-order valence-corrected chi connectivity index (χ0v) is 12.3. The Morgan fingerprint density at radius 3 is 2.76 bits per heavy atom. The van der Waals surface area contributed by atoms with E-state index in [4.69, 9.17) is 9.84 Å². The average molecular weight is 300 g/mol. The molecule has 0 fully saturated rings. The minimum Gasteiger partial charge on any atom is -0.493 e. The van der Waals surface area contributed by atoms with Crippen molar-refractivity contribution in [2.75, 3.05) is 19.0 Å². The Bertz CT molecular complexity index is 591. The molecule has 0 saturated heterocycles. The van der Waals surface area contributed by atoms with Gasteiger partial charge in [0, 0.05) is 30.1 Å². The molecule has 1 aromatic heterocycles. The Kier molecular flexibility index (Phi) is 6.59. The molecule has 2 rings (SSSR count). The summed E-state index contributed by atoms with van der Waals surface area (Å²) >= 11 is 1.61. The third kappa shape index (κ3) is 5.86. The van der Waals surface area contributed by atoms with E-state index in [1.54, 1.807) is 30.4 Å². The average Bonchev–Trinajstić information content (AvgIpc) is 2.54. The van der Waals surface area contributed by atoms with E-state index < -0.39 is 0 Å². The fraction of sp³-hybridized carbons (Fsp3) is 0.250. The van der Waals surface area contributed by atoms with E-state index in [1.165, 1.54) is 0 Å². The predicted molar refractivity (Wildman–Crippen MR) is 83.3 cm³/mol. The maximum absolute atomic E-state index is 8.66. The summed E-state index contributed by atoms with van der Waals surface area (Å²) in [7, 11) is 0. The van der Waals surface area contributed by atoms with Crippen LogP contribution in [0.1, 0.15) is 12.0 Å². The third-order valence-electron chi connectivity index (χ3n) is 2.47.